The third-order valence-corrected chi connectivity index (χ3v) is 3.54. The Morgan fingerprint density at radius 1 is 1.33 bits per heavy atom. The van der Waals surface area contributed by atoms with Gasteiger partial charge in [0.15, 0.2) is 0 Å². The Bertz CT molecular complexity index is 335. The first-order valence-electron chi connectivity index (χ1n) is 5.98. The minimum atomic E-state index is 0.648. The van der Waals surface area contributed by atoms with Crippen LogP contribution in [0, 0.1) is 13.8 Å². The predicted octanol–water partition coefficient (Wildman–Crippen LogP) is 2.12. The summed E-state index contributed by atoms with van der Waals surface area (Å²) in [5, 5.41) is 4.67. The second-order valence-electron chi connectivity index (χ2n) is 4.57. The van der Waals surface area contributed by atoms with E-state index < -0.39 is 0 Å². The van der Waals surface area contributed by atoms with Crippen LogP contribution < -0.4 is 5.73 Å². The molecule has 0 bridgehead atoms. The molecular weight excluding hydrogens is 186 g/mol. The second-order valence-corrected chi connectivity index (χ2v) is 4.57. The Morgan fingerprint density at radius 3 is 2.60 bits per heavy atom. The summed E-state index contributed by atoms with van der Waals surface area (Å²) >= 11 is 0. The monoisotopic (exact) mass is 207 g/mol. The van der Waals surface area contributed by atoms with Crippen LogP contribution in [0.1, 0.15) is 48.7 Å². The molecule has 0 saturated heterocycles. The first-order valence-corrected chi connectivity index (χ1v) is 5.98. The molecule has 0 atom stereocenters. The van der Waals surface area contributed by atoms with Crippen LogP contribution in [0.5, 0.6) is 0 Å². The lowest BCUT2D eigenvalue weighted by atomic mass is 10.1. The maximum atomic E-state index is 5.62. The maximum absolute atomic E-state index is 5.62. The summed E-state index contributed by atoms with van der Waals surface area (Å²) in [6.07, 6.45) is 6.27. The molecule has 1 fully saturated rings. The molecular formula is C12H21N3. The maximum Gasteiger partial charge on any atom is 0.0629 e. The van der Waals surface area contributed by atoms with Gasteiger partial charge in [0.2, 0.25) is 0 Å². The van der Waals surface area contributed by atoms with E-state index in [1.165, 1.54) is 42.6 Å². The first kappa shape index (κ1) is 10.7. The molecule has 0 amide bonds. The third kappa shape index (κ3) is 1.93. The second kappa shape index (κ2) is 4.35. The van der Waals surface area contributed by atoms with E-state index in [2.05, 4.69) is 23.6 Å². The highest BCUT2D eigenvalue weighted by molar-refractivity contribution is 5.25. The molecule has 3 nitrogen and oxygen atoms in total. The highest BCUT2D eigenvalue weighted by Gasteiger charge is 2.21. The molecule has 0 aliphatic heterocycles. The van der Waals surface area contributed by atoms with Crippen molar-refractivity contribution in [3.05, 3.63) is 17.0 Å². The van der Waals surface area contributed by atoms with Gasteiger partial charge in [-0.1, -0.05) is 12.8 Å². The van der Waals surface area contributed by atoms with Gasteiger partial charge in [-0.05, 0) is 45.2 Å². The summed E-state index contributed by atoms with van der Waals surface area (Å²) in [4.78, 5) is 0. The number of aryl methyl sites for hydroxylation is 1. The molecule has 1 aliphatic carbocycles. The van der Waals surface area contributed by atoms with Crippen molar-refractivity contribution in [1.29, 1.82) is 0 Å². The Kier molecular flexibility index (Phi) is 3.10. The van der Waals surface area contributed by atoms with Crippen LogP contribution in [0.25, 0.3) is 0 Å². The number of hydrogen-bond acceptors (Lipinski definition) is 2. The van der Waals surface area contributed by atoms with Crippen LogP contribution in [0.3, 0.4) is 0 Å². The molecule has 1 aromatic heterocycles. The van der Waals surface area contributed by atoms with Gasteiger partial charge in [-0.2, -0.15) is 5.10 Å². The summed E-state index contributed by atoms with van der Waals surface area (Å²) in [7, 11) is 0. The molecule has 0 aromatic carbocycles. The Hall–Kier alpha value is -0.830. The van der Waals surface area contributed by atoms with Crippen molar-refractivity contribution in [1.82, 2.24) is 9.78 Å². The van der Waals surface area contributed by atoms with E-state index in [1.807, 2.05) is 0 Å². The van der Waals surface area contributed by atoms with Crippen LogP contribution in [-0.2, 0) is 6.42 Å². The van der Waals surface area contributed by atoms with E-state index >= 15 is 0 Å². The molecule has 0 radical (unpaired) electrons. The fourth-order valence-electron chi connectivity index (χ4n) is 2.71. The van der Waals surface area contributed by atoms with Gasteiger partial charge in [0.25, 0.3) is 0 Å². The highest BCUT2D eigenvalue weighted by Crippen LogP contribution is 2.31. The summed E-state index contributed by atoms with van der Waals surface area (Å²) < 4.78 is 2.24. The summed E-state index contributed by atoms with van der Waals surface area (Å²) in [6, 6.07) is 0.648. The fourth-order valence-corrected chi connectivity index (χ4v) is 2.71. The molecule has 0 unspecified atom stereocenters. The quantitative estimate of drug-likeness (QED) is 0.825. The number of hydrogen-bond donors (Lipinski definition) is 1. The van der Waals surface area contributed by atoms with Gasteiger partial charge in [0.1, 0.15) is 0 Å². The zero-order chi connectivity index (χ0) is 10.8. The molecule has 1 aliphatic rings. The highest BCUT2D eigenvalue weighted by atomic mass is 15.3. The number of nitrogens with two attached hydrogens (primary N) is 1. The molecule has 1 heterocycles. The van der Waals surface area contributed by atoms with Crippen LogP contribution >= 0.6 is 0 Å². The molecule has 3 heteroatoms. The van der Waals surface area contributed by atoms with Gasteiger partial charge in [0, 0.05) is 5.69 Å². The summed E-state index contributed by atoms with van der Waals surface area (Å²) in [5.74, 6) is 0. The number of nitrogens with zero attached hydrogens (tertiary/aromatic N) is 2. The smallest absolute Gasteiger partial charge is 0.0629 e. The molecule has 2 N–H and O–H groups in total. The van der Waals surface area contributed by atoms with Crippen molar-refractivity contribution >= 4 is 0 Å². The summed E-state index contributed by atoms with van der Waals surface area (Å²) in [6.45, 7) is 5.00. The average Bonchev–Trinajstić information content (AvgIpc) is 2.81. The number of aromatic nitrogens is 2. The SMILES string of the molecule is Cc1nn(C2CCCC2)c(C)c1CCN. The zero-order valence-electron chi connectivity index (χ0n) is 9.79. The van der Waals surface area contributed by atoms with Gasteiger partial charge in [0.05, 0.1) is 11.7 Å². The third-order valence-electron chi connectivity index (χ3n) is 3.54. The molecule has 1 saturated carbocycles. The predicted molar refractivity (Wildman–Crippen MR) is 62.0 cm³/mol. The molecule has 2 rings (SSSR count). The van der Waals surface area contributed by atoms with Crippen LogP contribution in [0.15, 0.2) is 0 Å². The lowest BCUT2D eigenvalue weighted by Crippen LogP contribution is -2.09. The van der Waals surface area contributed by atoms with E-state index in [9.17, 15) is 0 Å². The molecule has 0 spiro atoms. The van der Waals surface area contributed by atoms with E-state index in [0.717, 1.165) is 13.0 Å². The van der Waals surface area contributed by atoms with Crippen LogP contribution in [-0.4, -0.2) is 16.3 Å². The van der Waals surface area contributed by atoms with Crippen molar-refractivity contribution < 1.29 is 0 Å². The normalized spacial score (nSPS) is 17.5. The van der Waals surface area contributed by atoms with Gasteiger partial charge < -0.3 is 5.73 Å². The largest absolute Gasteiger partial charge is 0.330 e. The summed E-state index contributed by atoms with van der Waals surface area (Å²) in [5.41, 5.74) is 9.50. The van der Waals surface area contributed by atoms with Crippen molar-refractivity contribution in [2.45, 2.75) is 52.0 Å². The van der Waals surface area contributed by atoms with E-state index in [4.69, 9.17) is 5.73 Å². The standard InChI is InChI=1S/C12H21N3/c1-9-12(7-8-13)10(2)15(14-9)11-5-3-4-6-11/h11H,3-8,13H2,1-2H3. The first-order chi connectivity index (χ1) is 7.24. The van der Waals surface area contributed by atoms with Crippen molar-refractivity contribution in [3.63, 3.8) is 0 Å². The van der Waals surface area contributed by atoms with E-state index in [1.54, 1.807) is 0 Å². The lowest BCUT2D eigenvalue weighted by molar-refractivity contribution is 0.454. The zero-order valence-corrected chi connectivity index (χ0v) is 9.79. The van der Waals surface area contributed by atoms with E-state index in [0.29, 0.717) is 6.04 Å². The topological polar surface area (TPSA) is 43.8 Å². The van der Waals surface area contributed by atoms with Gasteiger partial charge in [-0.25, -0.2) is 0 Å². The minimum absolute atomic E-state index is 0.648. The van der Waals surface area contributed by atoms with Crippen molar-refractivity contribution in [2.75, 3.05) is 6.54 Å². The number of rotatable bonds is 3. The Balaban J connectivity index is 2.27. The van der Waals surface area contributed by atoms with Gasteiger partial charge in [-0.15, -0.1) is 0 Å². The average molecular weight is 207 g/mol. The molecule has 1 aromatic rings. The lowest BCUT2D eigenvalue weighted by Gasteiger charge is -2.12. The molecule has 84 valence electrons. The van der Waals surface area contributed by atoms with Crippen LogP contribution in [0.4, 0.5) is 0 Å². The van der Waals surface area contributed by atoms with Crippen molar-refractivity contribution in [3.8, 4) is 0 Å². The van der Waals surface area contributed by atoms with E-state index in [-0.39, 0.29) is 0 Å². The molecule has 15 heavy (non-hydrogen) atoms. The van der Waals surface area contributed by atoms with Gasteiger partial charge in [-0.3, -0.25) is 4.68 Å². The fraction of sp³-hybridized carbons (Fsp3) is 0.750. The van der Waals surface area contributed by atoms with Crippen molar-refractivity contribution in [2.24, 2.45) is 5.73 Å². The van der Waals surface area contributed by atoms with Crippen LogP contribution in [0.2, 0.25) is 0 Å². The minimum Gasteiger partial charge on any atom is -0.330 e. The Labute approximate surface area is 91.7 Å². The Morgan fingerprint density at radius 2 is 2.00 bits per heavy atom. The van der Waals surface area contributed by atoms with Gasteiger partial charge >= 0.3 is 0 Å².